The highest BCUT2D eigenvalue weighted by Gasteiger charge is 2.58. The molecule has 3 heterocycles. The van der Waals surface area contributed by atoms with Gasteiger partial charge >= 0.3 is 23.9 Å². The third kappa shape index (κ3) is 18.8. The summed E-state index contributed by atoms with van der Waals surface area (Å²) in [6.07, 6.45) is -17.5. The first kappa shape index (κ1) is 64.1. The smallest absolute Gasteiger partial charge is 0.303 e. The molecule has 0 radical (unpaired) electrons. The van der Waals surface area contributed by atoms with Crippen LogP contribution >= 0.6 is 0 Å². The molecular weight excluding hydrogens is 1100 g/mol. The average Bonchev–Trinajstić information content (AvgIpc) is 2.41. The van der Waals surface area contributed by atoms with E-state index in [0.717, 1.165) is 48.6 Å². The second kappa shape index (κ2) is 32.5. The van der Waals surface area contributed by atoms with Crippen molar-refractivity contribution in [2.75, 3.05) is 26.9 Å². The highest BCUT2D eigenvalue weighted by molar-refractivity contribution is 5.68. The van der Waals surface area contributed by atoms with Gasteiger partial charge in [0, 0.05) is 27.7 Å². The molecule has 0 spiro atoms. The summed E-state index contributed by atoms with van der Waals surface area (Å²) in [6.45, 7) is 10.1. The van der Waals surface area contributed by atoms with Crippen LogP contribution in [0.2, 0.25) is 0 Å². The van der Waals surface area contributed by atoms with Gasteiger partial charge in [-0.3, -0.25) is 19.2 Å². The Morgan fingerprint density at radius 1 is 0.424 bits per heavy atom. The van der Waals surface area contributed by atoms with Gasteiger partial charge in [-0.05, 0) is 46.9 Å². The Morgan fingerprint density at radius 3 is 1.34 bits per heavy atom. The number of rotatable bonds is 29. The molecule has 85 heavy (non-hydrogen) atoms. The lowest BCUT2D eigenvalue weighted by molar-refractivity contribution is -0.394. The Hall–Kier alpha value is -6.92. The van der Waals surface area contributed by atoms with Gasteiger partial charge in [0.15, 0.2) is 37.2 Å². The van der Waals surface area contributed by atoms with Crippen molar-refractivity contribution in [3.8, 4) is 5.75 Å². The van der Waals surface area contributed by atoms with Crippen molar-refractivity contribution >= 4 is 23.9 Å². The summed E-state index contributed by atoms with van der Waals surface area (Å²) in [5, 5.41) is 0. The second-order valence-corrected chi connectivity index (χ2v) is 20.6. The number of hydrogen-bond donors (Lipinski definition) is 0. The van der Waals surface area contributed by atoms with Crippen molar-refractivity contribution in [2.24, 2.45) is 0 Å². The first-order valence-electron chi connectivity index (χ1n) is 28.2. The minimum Gasteiger partial charge on any atom is -0.497 e. The van der Waals surface area contributed by atoms with Gasteiger partial charge in [0.2, 0.25) is 0 Å². The Bertz CT molecular complexity index is 2830. The topological polar surface area (TPSA) is 216 Å². The molecule has 20 nitrogen and oxygen atoms in total. The van der Waals surface area contributed by atoms with Crippen LogP contribution in [0, 0.1) is 0 Å². The molecule has 0 bridgehead atoms. The number of methoxy groups -OCH3 is 1. The summed E-state index contributed by atoms with van der Waals surface area (Å²) in [4.78, 5) is 51.6. The van der Waals surface area contributed by atoms with Crippen LogP contribution in [0.3, 0.4) is 0 Å². The maximum absolute atomic E-state index is 13.3. The number of hydrogen-bond acceptors (Lipinski definition) is 20. The number of carbonyl (C=O) groups is 4. The van der Waals surface area contributed by atoms with E-state index in [0.29, 0.717) is 5.75 Å². The van der Waals surface area contributed by atoms with Crippen LogP contribution in [0.1, 0.15) is 62.4 Å². The van der Waals surface area contributed by atoms with E-state index in [9.17, 15) is 19.2 Å². The molecule has 15 atom stereocenters. The van der Waals surface area contributed by atoms with Crippen LogP contribution in [0.4, 0.5) is 0 Å². The number of ether oxygens (including phenoxy) is 16. The Morgan fingerprint density at radius 2 is 0.847 bits per heavy atom. The van der Waals surface area contributed by atoms with Crippen LogP contribution in [-0.4, -0.2) is 143 Å². The van der Waals surface area contributed by atoms with Crippen molar-refractivity contribution in [2.45, 2.75) is 160 Å². The molecule has 3 fully saturated rings. The summed E-state index contributed by atoms with van der Waals surface area (Å²) >= 11 is 0. The fraction of sp³-hybridized carbons (Fsp3) is 0.446. The lowest BCUT2D eigenvalue weighted by Gasteiger charge is -2.51. The normalized spacial score (nSPS) is 27.4. The van der Waals surface area contributed by atoms with E-state index in [-0.39, 0.29) is 46.2 Å². The molecule has 456 valence electrons. The predicted molar refractivity (Wildman–Crippen MR) is 304 cm³/mol. The van der Waals surface area contributed by atoms with Crippen molar-refractivity contribution < 1.29 is 95.0 Å². The van der Waals surface area contributed by atoms with Crippen molar-refractivity contribution in [3.05, 3.63) is 186 Å². The van der Waals surface area contributed by atoms with Gasteiger partial charge in [-0.15, -0.1) is 6.58 Å². The zero-order valence-corrected chi connectivity index (χ0v) is 48.6. The highest BCUT2D eigenvalue weighted by Crippen LogP contribution is 2.39. The predicted octanol–water partition coefficient (Wildman–Crippen LogP) is 8.08. The second-order valence-electron chi connectivity index (χ2n) is 20.6. The van der Waals surface area contributed by atoms with Crippen molar-refractivity contribution in [1.29, 1.82) is 0 Å². The summed E-state index contributed by atoms with van der Waals surface area (Å²) in [7, 11) is 1.57. The monoisotopic (exact) mass is 1180 g/mol. The van der Waals surface area contributed by atoms with Gasteiger partial charge < -0.3 is 75.8 Å². The minimum absolute atomic E-state index is 0.00115. The van der Waals surface area contributed by atoms with Gasteiger partial charge in [0.1, 0.15) is 61.2 Å². The van der Waals surface area contributed by atoms with Gasteiger partial charge in [-0.25, -0.2) is 0 Å². The van der Waals surface area contributed by atoms with Crippen LogP contribution in [0.15, 0.2) is 158 Å². The molecule has 3 saturated heterocycles. The Kier molecular flexibility index (Phi) is 24.5. The lowest BCUT2D eigenvalue weighted by Crippen LogP contribution is -2.68. The van der Waals surface area contributed by atoms with Gasteiger partial charge in [0.25, 0.3) is 0 Å². The van der Waals surface area contributed by atoms with E-state index in [4.69, 9.17) is 75.8 Å². The molecule has 0 aromatic heterocycles. The van der Waals surface area contributed by atoms with Crippen LogP contribution in [0.25, 0.3) is 0 Å². The van der Waals surface area contributed by atoms with E-state index >= 15 is 0 Å². The highest BCUT2D eigenvalue weighted by atomic mass is 16.8. The first-order valence-corrected chi connectivity index (χ1v) is 28.2. The molecule has 0 aliphatic carbocycles. The van der Waals surface area contributed by atoms with Crippen LogP contribution in [0.5, 0.6) is 5.75 Å². The maximum Gasteiger partial charge on any atom is 0.303 e. The molecular formula is C65H76O20. The van der Waals surface area contributed by atoms with E-state index in [2.05, 4.69) is 6.58 Å². The number of esters is 4. The Balaban J connectivity index is 1.27. The molecule has 20 heteroatoms. The summed E-state index contributed by atoms with van der Waals surface area (Å²) < 4.78 is 104. The summed E-state index contributed by atoms with van der Waals surface area (Å²) in [5.41, 5.74) is 4.23. The minimum atomic E-state index is -1.74. The maximum atomic E-state index is 13.3. The Labute approximate surface area is 495 Å². The fourth-order valence-electron chi connectivity index (χ4n) is 10.2. The van der Waals surface area contributed by atoms with Crippen LogP contribution in [-0.2, 0) is 123 Å². The number of benzene rings is 5. The van der Waals surface area contributed by atoms with Crippen molar-refractivity contribution in [1.82, 2.24) is 0 Å². The molecule has 3 aliphatic heterocycles. The number of carbonyl (C=O) groups excluding carboxylic acids is 4. The van der Waals surface area contributed by atoms with Crippen LogP contribution < -0.4 is 4.74 Å². The molecule has 0 amide bonds. The molecule has 3 aliphatic rings. The van der Waals surface area contributed by atoms with Gasteiger partial charge in [-0.1, -0.05) is 140 Å². The van der Waals surface area contributed by atoms with E-state index < -0.39 is 123 Å². The zero-order chi connectivity index (χ0) is 60.1. The molecule has 5 unspecified atom stereocenters. The summed E-state index contributed by atoms with van der Waals surface area (Å²) in [6, 6.07) is 45.8. The molecule has 5 aromatic rings. The largest absolute Gasteiger partial charge is 0.497 e. The standard InChI is InChI=1S/C65H76O20/c1-8-33-72-63-61(77-38-49-27-19-12-20-28-49)58(85-64-60(76-37-48-25-17-11-18-26-48)57(75-36-47-23-15-10-16-24-47)54(41(2)78-64)74-35-46-21-13-9-14-22-46)56(52(82-63)39-71-34-50-29-31-51(70-7)32-30-50)84-65-62(81-45(6)69)59(80-44(5)68)55(79-43(4)67)53(83-65)40-73-42(3)66/h8-32,41,52-65H,1,33-40H2,2-7H3/t41?,52-,53-,54?,55+,56-,57?,58+,59+,60?,61-,62-,63-,64?,65+/m1/s1. The van der Waals surface area contributed by atoms with E-state index in [1.165, 1.54) is 6.92 Å². The van der Waals surface area contributed by atoms with Gasteiger partial charge in [-0.2, -0.15) is 0 Å². The zero-order valence-electron chi connectivity index (χ0n) is 48.6. The van der Waals surface area contributed by atoms with Crippen molar-refractivity contribution in [3.63, 3.8) is 0 Å². The summed E-state index contributed by atoms with van der Waals surface area (Å²) in [5.74, 6) is -2.55. The quantitative estimate of drug-likeness (QED) is 0.0251. The molecule has 0 saturated carbocycles. The SMILES string of the molecule is C=CCO[C@@H]1O[C@H](COCc2ccc(OC)cc2)[C@@H](O[C@@H]2O[C@H](COC(C)=O)[C@H](OC(C)=O)[C@H](OC(C)=O)[C@H]2OC(C)=O)[C@H](OC2OC(C)C(OCc3ccccc3)C(OCc3ccccc3)C2OCc2ccccc2)[C@H]1OCc1ccccc1. The van der Waals surface area contributed by atoms with E-state index in [1.807, 2.05) is 140 Å². The third-order valence-electron chi connectivity index (χ3n) is 14.1. The lowest BCUT2D eigenvalue weighted by atomic mass is 9.95. The molecule has 0 N–H and O–H groups in total. The van der Waals surface area contributed by atoms with E-state index in [1.54, 1.807) is 25.3 Å². The molecule has 8 rings (SSSR count). The molecule has 5 aromatic carbocycles. The first-order chi connectivity index (χ1) is 41.3. The average molecular weight is 1180 g/mol. The van der Waals surface area contributed by atoms with Gasteiger partial charge in [0.05, 0.1) is 59.5 Å². The third-order valence-corrected chi connectivity index (χ3v) is 14.1. The fourth-order valence-corrected chi connectivity index (χ4v) is 10.2.